The molecule has 0 aliphatic carbocycles. The average Bonchev–Trinajstić information content (AvgIpc) is 3.05. The zero-order valence-electron chi connectivity index (χ0n) is 13.8. The summed E-state index contributed by atoms with van der Waals surface area (Å²) in [7, 11) is 1.85. The number of piperidine rings is 1. The molecule has 0 unspecified atom stereocenters. The van der Waals surface area contributed by atoms with Gasteiger partial charge in [-0.15, -0.1) is 10.2 Å². The van der Waals surface area contributed by atoms with Crippen LogP contribution in [-0.4, -0.2) is 43.7 Å². The smallest absolute Gasteiger partial charge is 0.309 e. The van der Waals surface area contributed by atoms with E-state index in [0.717, 1.165) is 36.5 Å². The van der Waals surface area contributed by atoms with Gasteiger partial charge in [0.15, 0.2) is 5.01 Å². The maximum atomic E-state index is 14.1. The van der Waals surface area contributed by atoms with Crippen LogP contribution in [0.1, 0.15) is 19.8 Å². The number of carbonyl (C=O) groups is 1. The van der Waals surface area contributed by atoms with E-state index in [1.807, 2.05) is 20.8 Å². The third kappa shape index (κ3) is 3.58. The van der Waals surface area contributed by atoms with Crippen LogP contribution in [-0.2, 0) is 9.53 Å². The molecule has 1 aliphatic heterocycles. The van der Waals surface area contributed by atoms with E-state index in [2.05, 4.69) is 15.1 Å². The highest BCUT2D eigenvalue weighted by atomic mass is 32.1. The summed E-state index contributed by atoms with van der Waals surface area (Å²) in [5.74, 6) is -0.432. The summed E-state index contributed by atoms with van der Waals surface area (Å²) in [6.07, 6.45) is 1.49. The van der Waals surface area contributed by atoms with E-state index in [1.165, 1.54) is 17.4 Å². The van der Waals surface area contributed by atoms with Gasteiger partial charge in [-0.05, 0) is 31.9 Å². The molecule has 2 heterocycles. The van der Waals surface area contributed by atoms with E-state index in [1.54, 1.807) is 6.07 Å². The first-order valence-electron chi connectivity index (χ1n) is 8.10. The molecular weight excluding hydrogens is 328 g/mol. The van der Waals surface area contributed by atoms with Crippen LogP contribution in [0.15, 0.2) is 18.2 Å². The molecule has 0 radical (unpaired) electrons. The molecule has 8 heteroatoms. The van der Waals surface area contributed by atoms with E-state index in [9.17, 15) is 9.18 Å². The van der Waals surface area contributed by atoms with Crippen LogP contribution >= 0.6 is 11.3 Å². The number of carbonyl (C=O) groups excluding carboxylic acids is 1. The lowest BCUT2D eigenvalue weighted by molar-refractivity contribution is -0.148. The number of hydrogen-bond donors (Lipinski definition) is 0. The third-order valence-corrected chi connectivity index (χ3v) is 5.17. The van der Waals surface area contributed by atoms with Crippen molar-refractivity contribution in [2.45, 2.75) is 19.8 Å². The minimum Gasteiger partial charge on any atom is -0.466 e. The van der Waals surface area contributed by atoms with E-state index in [4.69, 9.17) is 4.74 Å². The van der Waals surface area contributed by atoms with Crippen LogP contribution < -0.4 is 10.4 Å². The number of ether oxygens (including phenoxy) is 1. The molecule has 1 aromatic heterocycles. The second kappa shape index (κ2) is 7.30. The lowest BCUT2D eigenvalue weighted by Gasteiger charge is -2.30. The highest BCUT2D eigenvalue weighted by Gasteiger charge is 2.27. The fraction of sp³-hybridized carbons (Fsp3) is 0.438. The minimum atomic E-state index is -0.279. The number of nitrogens with zero attached hydrogens (tertiary/aromatic N) is 3. The fourth-order valence-electron chi connectivity index (χ4n) is 2.81. The largest absolute Gasteiger partial charge is 0.466 e. The SMILES string of the molecule is Bc1ccc(-c2nnc(N3CCC(C(=O)OCC)CC3)s2)c(F)c1. The van der Waals surface area contributed by atoms with Gasteiger partial charge in [0.1, 0.15) is 13.7 Å². The number of halogens is 1. The van der Waals surface area contributed by atoms with Gasteiger partial charge in [0, 0.05) is 18.7 Å². The fourth-order valence-corrected chi connectivity index (χ4v) is 3.74. The Labute approximate surface area is 145 Å². The summed E-state index contributed by atoms with van der Waals surface area (Å²) in [4.78, 5) is 13.9. The molecular formula is C16H19BFN3O2S. The summed E-state index contributed by atoms with van der Waals surface area (Å²) in [5.41, 5.74) is 1.35. The lowest BCUT2D eigenvalue weighted by Crippen LogP contribution is -2.36. The first kappa shape index (κ1) is 16.9. The van der Waals surface area contributed by atoms with E-state index in [-0.39, 0.29) is 17.7 Å². The summed E-state index contributed by atoms with van der Waals surface area (Å²) in [6, 6.07) is 5.10. The van der Waals surface area contributed by atoms with Gasteiger partial charge in [-0.25, -0.2) is 4.39 Å². The van der Waals surface area contributed by atoms with Crippen LogP contribution in [0.2, 0.25) is 0 Å². The molecule has 0 amide bonds. The van der Waals surface area contributed by atoms with Crippen molar-refractivity contribution >= 4 is 35.7 Å². The van der Waals surface area contributed by atoms with Crippen LogP contribution in [0.25, 0.3) is 10.6 Å². The van der Waals surface area contributed by atoms with Crippen molar-refractivity contribution in [1.29, 1.82) is 0 Å². The van der Waals surface area contributed by atoms with E-state index < -0.39 is 0 Å². The molecule has 0 saturated carbocycles. The van der Waals surface area contributed by atoms with Gasteiger partial charge >= 0.3 is 5.97 Å². The third-order valence-electron chi connectivity index (χ3n) is 4.15. The standard InChI is InChI=1S/C16H19BFN3O2S/c1-2-23-15(22)10-5-7-21(8-6-10)16-20-19-14(24-16)12-4-3-11(17)9-13(12)18/h3-4,9-10H,2,5-8,17H2,1H3. The minimum absolute atomic E-state index is 0.0388. The van der Waals surface area contributed by atoms with Crippen molar-refractivity contribution in [3.8, 4) is 10.6 Å². The average molecular weight is 347 g/mol. The summed E-state index contributed by atoms with van der Waals surface area (Å²) >= 11 is 1.38. The molecule has 0 bridgehead atoms. The van der Waals surface area contributed by atoms with Gasteiger partial charge < -0.3 is 9.64 Å². The van der Waals surface area contributed by atoms with Crippen molar-refractivity contribution in [2.75, 3.05) is 24.6 Å². The number of esters is 1. The molecule has 1 fully saturated rings. The van der Waals surface area contributed by atoms with Crippen molar-refractivity contribution in [3.05, 3.63) is 24.0 Å². The van der Waals surface area contributed by atoms with Gasteiger partial charge in [-0.2, -0.15) is 0 Å². The first-order chi connectivity index (χ1) is 11.6. The topological polar surface area (TPSA) is 55.3 Å². The monoisotopic (exact) mass is 347 g/mol. The molecule has 5 nitrogen and oxygen atoms in total. The van der Waals surface area contributed by atoms with Gasteiger partial charge in [-0.3, -0.25) is 4.79 Å². The zero-order chi connectivity index (χ0) is 17.1. The zero-order valence-corrected chi connectivity index (χ0v) is 14.6. The Balaban J connectivity index is 1.67. The highest BCUT2D eigenvalue weighted by Crippen LogP contribution is 2.32. The first-order valence-corrected chi connectivity index (χ1v) is 8.91. The predicted octanol–water partition coefficient (Wildman–Crippen LogP) is 1.38. The molecule has 0 N–H and O–H groups in total. The van der Waals surface area contributed by atoms with Gasteiger partial charge in [-0.1, -0.05) is 22.9 Å². The highest BCUT2D eigenvalue weighted by molar-refractivity contribution is 7.18. The Morgan fingerprint density at radius 2 is 2.17 bits per heavy atom. The predicted molar refractivity (Wildman–Crippen MR) is 95.1 cm³/mol. The number of hydrogen-bond acceptors (Lipinski definition) is 6. The number of anilines is 1. The van der Waals surface area contributed by atoms with Gasteiger partial charge in [0.2, 0.25) is 5.13 Å². The normalized spacial score (nSPS) is 15.5. The molecule has 1 aliphatic rings. The summed E-state index contributed by atoms with van der Waals surface area (Å²) < 4.78 is 19.2. The Hall–Kier alpha value is -1.96. The second-order valence-electron chi connectivity index (χ2n) is 5.89. The lowest BCUT2D eigenvalue weighted by atomic mass is 9.95. The van der Waals surface area contributed by atoms with Crippen LogP contribution in [0, 0.1) is 11.7 Å². The molecule has 2 aromatic rings. The number of rotatable bonds is 4. The molecule has 0 atom stereocenters. The van der Waals surface area contributed by atoms with Gasteiger partial charge in [0.25, 0.3) is 0 Å². The quantitative estimate of drug-likeness (QED) is 0.618. The van der Waals surface area contributed by atoms with E-state index in [0.29, 0.717) is 17.2 Å². The summed E-state index contributed by atoms with van der Waals surface area (Å²) in [6.45, 7) is 3.70. The maximum Gasteiger partial charge on any atom is 0.309 e. The molecule has 0 spiro atoms. The Bertz CT molecular complexity index is 732. The number of benzene rings is 1. The molecule has 24 heavy (non-hydrogen) atoms. The number of aromatic nitrogens is 2. The Kier molecular flexibility index (Phi) is 5.13. The van der Waals surface area contributed by atoms with Crippen LogP contribution in [0.5, 0.6) is 0 Å². The summed E-state index contributed by atoms with van der Waals surface area (Å²) in [5, 5.41) is 9.68. The maximum absolute atomic E-state index is 14.1. The second-order valence-corrected chi connectivity index (χ2v) is 6.84. The molecule has 1 saturated heterocycles. The molecule has 3 rings (SSSR count). The van der Waals surface area contributed by atoms with Crippen molar-refractivity contribution in [1.82, 2.24) is 10.2 Å². The van der Waals surface area contributed by atoms with Crippen LogP contribution in [0.3, 0.4) is 0 Å². The van der Waals surface area contributed by atoms with Crippen molar-refractivity contribution in [2.24, 2.45) is 5.92 Å². The van der Waals surface area contributed by atoms with E-state index >= 15 is 0 Å². The van der Waals surface area contributed by atoms with Crippen molar-refractivity contribution in [3.63, 3.8) is 0 Å². The Morgan fingerprint density at radius 1 is 1.42 bits per heavy atom. The van der Waals surface area contributed by atoms with Crippen molar-refractivity contribution < 1.29 is 13.9 Å². The Morgan fingerprint density at radius 3 is 2.83 bits per heavy atom. The molecule has 1 aromatic carbocycles. The van der Waals surface area contributed by atoms with Crippen LogP contribution in [0.4, 0.5) is 9.52 Å². The molecule has 126 valence electrons. The van der Waals surface area contributed by atoms with Gasteiger partial charge in [0.05, 0.1) is 12.5 Å².